The van der Waals surface area contributed by atoms with Crippen molar-refractivity contribution >= 4 is 11.9 Å². The first-order valence-corrected chi connectivity index (χ1v) is 7.38. The predicted octanol–water partition coefficient (Wildman–Crippen LogP) is 2.35. The number of benzene rings is 2. The number of methoxy groups -OCH3 is 1. The average molecular weight is 307 g/mol. The highest BCUT2D eigenvalue weighted by molar-refractivity contribution is 6.05. The highest BCUT2D eigenvalue weighted by atomic mass is 16.5. The Morgan fingerprint density at radius 1 is 1.04 bits per heavy atom. The second-order valence-electron chi connectivity index (χ2n) is 5.47. The Bertz CT molecular complexity index is 753. The summed E-state index contributed by atoms with van der Waals surface area (Å²) in [5.41, 5.74) is 1.30. The molecule has 2 aromatic carbocycles. The van der Waals surface area contributed by atoms with Gasteiger partial charge in [0.25, 0.3) is 0 Å². The summed E-state index contributed by atoms with van der Waals surface area (Å²) in [4.78, 5) is 24.3. The van der Waals surface area contributed by atoms with E-state index in [9.17, 15) is 9.59 Å². The van der Waals surface area contributed by atoms with Crippen LogP contribution in [-0.4, -0.2) is 19.0 Å². The number of carbonyl (C=O) groups excluding carboxylic acids is 2. The van der Waals surface area contributed by atoms with Crippen LogP contribution in [0.15, 0.2) is 72.3 Å². The van der Waals surface area contributed by atoms with Crippen molar-refractivity contribution in [2.45, 2.75) is 12.0 Å². The molecule has 0 aromatic heterocycles. The summed E-state index contributed by atoms with van der Waals surface area (Å²) in [7, 11) is 1.32. The molecule has 1 unspecified atom stereocenters. The Labute approximate surface area is 134 Å². The number of rotatable bonds is 4. The van der Waals surface area contributed by atoms with Gasteiger partial charge in [-0.05, 0) is 11.1 Å². The molecule has 1 aliphatic rings. The van der Waals surface area contributed by atoms with E-state index in [1.807, 2.05) is 60.7 Å². The lowest BCUT2D eigenvalue weighted by atomic mass is 9.79. The maximum absolute atomic E-state index is 12.3. The Morgan fingerprint density at radius 2 is 1.65 bits per heavy atom. The normalized spacial score (nSPS) is 19.9. The van der Waals surface area contributed by atoms with Crippen molar-refractivity contribution in [1.29, 1.82) is 0 Å². The van der Waals surface area contributed by atoms with Gasteiger partial charge in [-0.15, -0.1) is 0 Å². The van der Waals surface area contributed by atoms with Gasteiger partial charge in [-0.25, -0.2) is 4.79 Å². The van der Waals surface area contributed by atoms with Crippen molar-refractivity contribution in [3.63, 3.8) is 0 Å². The summed E-state index contributed by atoms with van der Waals surface area (Å²) >= 11 is 0. The Kier molecular flexibility index (Phi) is 3.98. The summed E-state index contributed by atoms with van der Waals surface area (Å²) in [5, 5.41) is 2.97. The molecule has 1 aliphatic heterocycles. The standard InChI is InChI=1S/C19H17NO3/c1-23-18(22)16-12-17(21)20-19(16,15-10-6-3-7-11-15)13-14-8-4-2-5-9-14/h2-12H,13H2,1H3,(H,20,21). The topological polar surface area (TPSA) is 55.4 Å². The molecule has 0 bridgehead atoms. The number of hydrogen-bond donors (Lipinski definition) is 1. The minimum Gasteiger partial charge on any atom is -0.466 e. The van der Waals surface area contributed by atoms with Gasteiger partial charge >= 0.3 is 5.97 Å². The van der Waals surface area contributed by atoms with Crippen LogP contribution in [0, 0.1) is 0 Å². The molecule has 0 aliphatic carbocycles. The van der Waals surface area contributed by atoms with Gasteiger partial charge in [0.15, 0.2) is 0 Å². The lowest BCUT2D eigenvalue weighted by Gasteiger charge is -2.32. The van der Waals surface area contributed by atoms with E-state index < -0.39 is 11.5 Å². The molecule has 1 amide bonds. The molecule has 23 heavy (non-hydrogen) atoms. The first kappa shape index (κ1) is 15.0. The third-order valence-corrected chi connectivity index (χ3v) is 4.06. The summed E-state index contributed by atoms with van der Waals surface area (Å²) in [6, 6.07) is 19.3. The molecule has 1 N–H and O–H groups in total. The lowest BCUT2D eigenvalue weighted by molar-refractivity contribution is -0.136. The molecule has 0 radical (unpaired) electrons. The maximum Gasteiger partial charge on any atom is 0.336 e. The average Bonchev–Trinajstić information content (AvgIpc) is 2.93. The van der Waals surface area contributed by atoms with Gasteiger partial charge in [0.1, 0.15) is 5.54 Å². The van der Waals surface area contributed by atoms with Crippen molar-refractivity contribution in [1.82, 2.24) is 5.32 Å². The fourth-order valence-corrected chi connectivity index (χ4v) is 3.01. The molecule has 4 nitrogen and oxygen atoms in total. The van der Waals surface area contributed by atoms with E-state index in [0.29, 0.717) is 12.0 Å². The van der Waals surface area contributed by atoms with E-state index in [0.717, 1.165) is 11.1 Å². The van der Waals surface area contributed by atoms with E-state index >= 15 is 0 Å². The van der Waals surface area contributed by atoms with Crippen LogP contribution >= 0.6 is 0 Å². The molecule has 0 fully saturated rings. The first-order valence-electron chi connectivity index (χ1n) is 7.38. The molecule has 2 aromatic rings. The molecule has 1 atom stereocenters. The van der Waals surface area contributed by atoms with Gasteiger partial charge in [0, 0.05) is 12.5 Å². The number of nitrogens with one attached hydrogen (secondary N) is 1. The van der Waals surface area contributed by atoms with Crippen LogP contribution in [0.3, 0.4) is 0 Å². The molecule has 0 saturated carbocycles. The zero-order valence-electron chi connectivity index (χ0n) is 12.8. The van der Waals surface area contributed by atoms with E-state index in [-0.39, 0.29) is 5.91 Å². The smallest absolute Gasteiger partial charge is 0.336 e. The largest absolute Gasteiger partial charge is 0.466 e. The van der Waals surface area contributed by atoms with Crippen molar-refractivity contribution in [3.8, 4) is 0 Å². The van der Waals surface area contributed by atoms with E-state index in [2.05, 4.69) is 5.32 Å². The zero-order valence-corrected chi connectivity index (χ0v) is 12.8. The van der Waals surface area contributed by atoms with Crippen molar-refractivity contribution in [2.24, 2.45) is 0 Å². The fourth-order valence-electron chi connectivity index (χ4n) is 3.01. The number of amides is 1. The first-order chi connectivity index (χ1) is 11.2. The predicted molar refractivity (Wildman–Crippen MR) is 86.5 cm³/mol. The summed E-state index contributed by atoms with van der Waals surface area (Å²) in [6.45, 7) is 0. The minimum absolute atomic E-state index is 0.287. The molecule has 4 heteroatoms. The third-order valence-electron chi connectivity index (χ3n) is 4.06. The third kappa shape index (κ3) is 2.75. The van der Waals surface area contributed by atoms with Gasteiger partial charge in [0.05, 0.1) is 12.7 Å². The summed E-state index contributed by atoms with van der Waals surface area (Å²) in [6.07, 6.45) is 1.81. The van der Waals surface area contributed by atoms with Crippen molar-refractivity contribution in [3.05, 3.63) is 83.4 Å². The van der Waals surface area contributed by atoms with Gasteiger partial charge in [0.2, 0.25) is 5.91 Å². The number of ether oxygens (including phenoxy) is 1. The van der Waals surface area contributed by atoms with Gasteiger partial charge in [-0.3, -0.25) is 4.79 Å². The van der Waals surface area contributed by atoms with Gasteiger partial charge in [-0.1, -0.05) is 60.7 Å². The number of esters is 1. The van der Waals surface area contributed by atoms with E-state index in [4.69, 9.17) is 4.74 Å². The molecular weight excluding hydrogens is 290 g/mol. The van der Waals surface area contributed by atoms with E-state index in [1.165, 1.54) is 13.2 Å². The molecule has 1 heterocycles. The van der Waals surface area contributed by atoms with Crippen LogP contribution in [-0.2, 0) is 26.3 Å². The maximum atomic E-state index is 12.3. The summed E-state index contributed by atoms with van der Waals surface area (Å²) < 4.78 is 4.90. The van der Waals surface area contributed by atoms with Crippen LogP contribution in [0.4, 0.5) is 0 Å². The van der Waals surface area contributed by atoms with Gasteiger partial charge in [-0.2, -0.15) is 0 Å². The quantitative estimate of drug-likeness (QED) is 0.882. The Hall–Kier alpha value is -2.88. The van der Waals surface area contributed by atoms with Crippen LogP contribution in [0.5, 0.6) is 0 Å². The highest BCUT2D eigenvalue weighted by Gasteiger charge is 2.45. The molecule has 0 saturated heterocycles. The van der Waals surface area contributed by atoms with E-state index in [1.54, 1.807) is 0 Å². The molecular formula is C19H17NO3. The molecule has 116 valence electrons. The SMILES string of the molecule is COC(=O)C1=CC(=O)NC1(Cc1ccccc1)c1ccccc1. The van der Waals surface area contributed by atoms with Gasteiger partial charge < -0.3 is 10.1 Å². The second-order valence-corrected chi connectivity index (χ2v) is 5.47. The monoisotopic (exact) mass is 307 g/mol. The van der Waals surface area contributed by atoms with Crippen LogP contribution in [0.1, 0.15) is 11.1 Å². The zero-order chi connectivity index (χ0) is 16.3. The Balaban J connectivity index is 2.13. The number of hydrogen-bond acceptors (Lipinski definition) is 3. The second kappa shape index (κ2) is 6.08. The fraction of sp³-hybridized carbons (Fsp3) is 0.158. The highest BCUT2D eigenvalue weighted by Crippen LogP contribution is 2.37. The van der Waals surface area contributed by atoms with Crippen LogP contribution < -0.4 is 5.32 Å². The lowest BCUT2D eigenvalue weighted by Crippen LogP contribution is -2.45. The minimum atomic E-state index is -0.910. The Morgan fingerprint density at radius 3 is 2.26 bits per heavy atom. The van der Waals surface area contributed by atoms with Crippen molar-refractivity contribution in [2.75, 3.05) is 7.11 Å². The summed E-state index contributed by atoms with van der Waals surface area (Å²) in [5.74, 6) is -0.784. The van der Waals surface area contributed by atoms with Crippen LogP contribution in [0.25, 0.3) is 0 Å². The number of carbonyl (C=O) groups is 2. The molecule has 3 rings (SSSR count). The van der Waals surface area contributed by atoms with Crippen molar-refractivity contribution < 1.29 is 14.3 Å². The van der Waals surface area contributed by atoms with Crippen LogP contribution in [0.2, 0.25) is 0 Å². The molecule has 0 spiro atoms.